The summed E-state index contributed by atoms with van der Waals surface area (Å²) in [7, 11) is -2.02. The van der Waals surface area contributed by atoms with Crippen molar-refractivity contribution in [2.75, 3.05) is 0 Å². The number of amides is 2. The number of benzene rings is 1. The number of hydrogen-bond donors (Lipinski definition) is 0. The van der Waals surface area contributed by atoms with E-state index in [0.717, 1.165) is 28.6 Å². The predicted molar refractivity (Wildman–Crippen MR) is 107 cm³/mol. The molecule has 2 aromatic rings. The molecule has 0 aliphatic carbocycles. The number of β-lactam (4-membered cyclic amide) rings is 1. The standard InChI is InChI=1S/C21H27NO5Si/c1-4-28(5-2,6-3)27-19-18(17-13-10-14-25-17)22(20(19)23)21(24)26-15-16-11-8-7-9-12-16/h7-14,18-19H,4-6,15H2,1-3H3/t18-,19+/m1/s1. The van der Waals surface area contributed by atoms with Crippen LogP contribution in [0.3, 0.4) is 0 Å². The predicted octanol–water partition coefficient (Wildman–Crippen LogP) is 4.89. The van der Waals surface area contributed by atoms with Crippen LogP contribution in [-0.2, 0) is 20.6 Å². The average molecular weight is 402 g/mol. The van der Waals surface area contributed by atoms with Crippen LogP contribution >= 0.6 is 0 Å². The summed E-state index contributed by atoms with van der Waals surface area (Å²) in [6, 6.07) is 15.1. The Balaban J connectivity index is 1.76. The highest BCUT2D eigenvalue weighted by Gasteiger charge is 2.56. The molecule has 0 unspecified atom stereocenters. The smallest absolute Gasteiger partial charge is 0.417 e. The monoisotopic (exact) mass is 401 g/mol. The molecule has 2 atom stereocenters. The third kappa shape index (κ3) is 3.91. The largest absolute Gasteiger partial charge is 0.467 e. The fourth-order valence-electron chi connectivity index (χ4n) is 3.58. The first-order valence-electron chi connectivity index (χ1n) is 9.80. The van der Waals surface area contributed by atoms with Gasteiger partial charge in [0.05, 0.1) is 6.26 Å². The molecule has 1 aliphatic heterocycles. The maximum Gasteiger partial charge on any atom is 0.417 e. The van der Waals surface area contributed by atoms with Gasteiger partial charge in [0.2, 0.25) is 0 Å². The third-order valence-corrected chi connectivity index (χ3v) is 10.2. The molecule has 7 heteroatoms. The number of carbonyl (C=O) groups excluding carboxylic acids is 2. The highest BCUT2D eigenvalue weighted by molar-refractivity contribution is 6.73. The van der Waals surface area contributed by atoms with Crippen molar-refractivity contribution in [1.82, 2.24) is 4.90 Å². The van der Waals surface area contributed by atoms with Gasteiger partial charge < -0.3 is 13.6 Å². The first-order valence-corrected chi connectivity index (χ1v) is 12.3. The fourth-order valence-corrected chi connectivity index (χ4v) is 6.34. The van der Waals surface area contributed by atoms with Crippen LogP contribution in [0.15, 0.2) is 53.1 Å². The van der Waals surface area contributed by atoms with E-state index >= 15 is 0 Å². The van der Waals surface area contributed by atoms with Gasteiger partial charge in [-0.15, -0.1) is 0 Å². The van der Waals surface area contributed by atoms with Crippen molar-refractivity contribution in [3.8, 4) is 0 Å². The Morgan fingerprint density at radius 3 is 2.32 bits per heavy atom. The maximum absolute atomic E-state index is 12.8. The van der Waals surface area contributed by atoms with Crippen LogP contribution in [0.5, 0.6) is 0 Å². The van der Waals surface area contributed by atoms with Gasteiger partial charge >= 0.3 is 6.09 Å². The Kier molecular flexibility index (Phi) is 6.36. The number of imide groups is 1. The minimum absolute atomic E-state index is 0.109. The zero-order chi connectivity index (χ0) is 20.1. The van der Waals surface area contributed by atoms with Crippen molar-refractivity contribution in [1.29, 1.82) is 0 Å². The first kappa shape index (κ1) is 20.4. The van der Waals surface area contributed by atoms with E-state index in [4.69, 9.17) is 13.6 Å². The molecule has 1 aliphatic rings. The van der Waals surface area contributed by atoms with Crippen molar-refractivity contribution in [2.45, 2.75) is 57.7 Å². The van der Waals surface area contributed by atoms with E-state index in [1.807, 2.05) is 30.3 Å². The summed E-state index contributed by atoms with van der Waals surface area (Å²) >= 11 is 0. The van der Waals surface area contributed by atoms with Gasteiger partial charge in [-0.1, -0.05) is 51.1 Å². The second kappa shape index (κ2) is 8.75. The molecule has 150 valence electrons. The Bertz CT molecular complexity index is 780. The lowest BCUT2D eigenvalue weighted by Crippen LogP contribution is -2.64. The van der Waals surface area contributed by atoms with Gasteiger partial charge in [0.1, 0.15) is 18.4 Å². The number of ether oxygens (including phenoxy) is 1. The van der Waals surface area contributed by atoms with Crippen LogP contribution < -0.4 is 0 Å². The van der Waals surface area contributed by atoms with Gasteiger partial charge in [-0.05, 0) is 35.8 Å². The normalized spacial score (nSPS) is 19.4. The van der Waals surface area contributed by atoms with E-state index in [-0.39, 0.29) is 12.5 Å². The van der Waals surface area contributed by atoms with Crippen LogP contribution in [0.4, 0.5) is 4.79 Å². The molecular formula is C21H27NO5Si. The number of likely N-dealkylation sites (tertiary alicyclic amines) is 1. The number of rotatable bonds is 8. The average Bonchev–Trinajstić information content (AvgIpc) is 3.26. The summed E-state index contributed by atoms with van der Waals surface area (Å²) in [4.78, 5) is 26.6. The molecule has 1 saturated heterocycles. The van der Waals surface area contributed by atoms with Crippen molar-refractivity contribution < 1.29 is 23.2 Å². The van der Waals surface area contributed by atoms with E-state index in [1.54, 1.807) is 12.1 Å². The Morgan fingerprint density at radius 2 is 1.75 bits per heavy atom. The lowest BCUT2D eigenvalue weighted by Gasteiger charge is -2.46. The molecule has 1 fully saturated rings. The molecule has 1 aromatic carbocycles. The van der Waals surface area contributed by atoms with Gasteiger partial charge in [0.25, 0.3) is 5.91 Å². The minimum atomic E-state index is -2.02. The zero-order valence-corrected chi connectivity index (χ0v) is 17.6. The Labute approximate surface area is 166 Å². The fraction of sp³-hybridized carbons (Fsp3) is 0.429. The highest BCUT2D eigenvalue weighted by atomic mass is 28.4. The molecule has 6 nitrogen and oxygen atoms in total. The van der Waals surface area contributed by atoms with Crippen LogP contribution in [0, 0.1) is 0 Å². The van der Waals surface area contributed by atoms with Crippen LogP contribution in [0.25, 0.3) is 0 Å². The number of nitrogens with zero attached hydrogens (tertiary/aromatic N) is 1. The van der Waals surface area contributed by atoms with E-state index < -0.39 is 26.6 Å². The molecule has 1 aromatic heterocycles. The summed E-state index contributed by atoms with van der Waals surface area (Å²) in [6.07, 6.45) is 0.168. The van der Waals surface area contributed by atoms with Crippen molar-refractivity contribution in [3.05, 3.63) is 60.1 Å². The molecule has 28 heavy (non-hydrogen) atoms. The summed E-state index contributed by atoms with van der Waals surface area (Å²) in [5.74, 6) is 0.180. The Morgan fingerprint density at radius 1 is 1.07 bits per heavy atom. The summed E-state index contributed by atoms with van der Waals surface area (Å²) in [6.45, 7) is 6.43. The van der Waals surface area contributed by atoms with Crippen molar-refractivity contribution in [3.63, 3.8) is 0 Å². The van der Waals surface area contributed by atoms with Crippen LogP contribution in [0.2, 0.25) is 18.1 Å². The number of furan rings is 1. The van der Waals surface area contributed by atoms with Crippen LogP contribution in [0.1, 0.15) is 38.1 Å². The summed E-state index contributed by atoms with van der Waals surface area (Å²) < 4.78 is 17.3. The second-order valence-corrected chi connectivity index (χ2v) is 11.7. The van der Waals surface area contributed by atoms with Crippen molar-refractivity contribution >= 4 is 20.3 Å². The number of hydrogen-bond acceptors (Lipinski definition) is 5. The summed E-state index contributed by atoms with van der Waals surface area (Å²) in [5.41, 5.74) is 0.862. The molecule has 0 saturated carbocycles. The lowest BCUT2D eigenvalue weighted by molar-refractivity contribution is -0.162. The minimum Gasteiger partial charge on any atom is -0.467 e. The number of carbonyl (C=O) groups is 2. The van der Waals surface area contributed by atoms with Gasteiger partial charge in [0, 0.05) is 0 Å². The van der Waals surface area contributed by atoms with Crippen molar-refractivity contribution in [2.24, 2.45) is 0 Å². The van der Waals surface area contributed by atoms with Gasteiger partial charge in [-0.2, -0.15) is 0 Å². The third-order valence-electron chi connectivity index (χ3n) is 5.59. The van der Waals surface area contributed by atoms with Gasteiger partial charge in [-0.25, -0.2) is 9.69 Å². The van der Waals surface area contributed by atoms with Gasteiger partial charge in [0.15, 0.2) is 14.4 Å². The highest BCUT2D eigenvalue weighted by Crippen LogP contribution is 2.41. The molecular weight excluding hydrogens is 374 g/mol. The zero-order valence-electron chi connectivity index (χ0n) is 16.6. The lowest BCUT2D eigenvalue weighted by atomic mass is 9.96. The second-order valence-electron chi connectivity index (χ2n) is 6.99. The van der Waals surface area contributed by atoms with Crippen LogP contribution in [-0.4, -0.2) is 31.3 Å². The molecule has 2 heterocycles. The molecule has 3 rings (SSSR count). The molecule has 0 bridgehead atoms. The molecule has 0 radical (unpaired) electrons. The van der Waals surface area contributed by atoms with Gasteiger partial charge in [-0.3, -0.25) is 4.79 Å². The molecule has 0 N–H and O–H groups in total. The van der Waals surface area contributed by atoms with E-state index in [0.29, 0.717) is 5.76 Å². The van der Waals surface area contributed by atoms with E-state index in [2.05, 4.69) is 20.8 Å². The van der Waals surface area contributed by atoms with E-state index in [1.165, 1.54) is 6.26 Å². The molecule has 0 spiro atoms. The van der Waals surface area contributed by atoms with E-state index in [9.17, 15) is 9.59 Å². The topological polar surface area (TPSA) is 69.0 Å². The molecule has 2 amide bonds. The first-order chi connectivity index (χ1) is 13.5. The quantitative estimate of drug-likeness (QED) is 0.465. The maximum atomic E-state index is 12.8. The SMILES string of the molecule is CC[Si](CC)(CC)O[C@@H]1C(=O)N(C(=O)OCc2ccccc2)[C@@H]1c1ccco1. The summed E-state index contributed by atoms with van der Waals surface area (Å²) in [5, 5.41) is 0. The Hall–Kier alpha value is -2.38.